The van der Waals surface area contributed by atoms with E-state index in [9.17, 15) is 4.79 Å². The SMILES string of the molecule is COc1cccc(-n2c(/C=C/c3cccs3)nc3ccc(I)cc3c2=O)c1. The normalized spacial score (nSPS) is 11.3. The summed E-state index contributed by atoms with van der Waals surface area (Å²) in [6.07, 6.45) is 3.85. The number of ether oxygens (including phenoxy) is 1. The van der Waals surface area contributed by atoms with Gasteiger partial charge in [-0.2, -0.15) is 0 Å². The van der Waals surface area contributed by atoms with E-state index in [1.54, 1.807) is 23.0 Å². The van der Waals surface area contributed by atoms with Crippen molar-refractivity contribution in [1.29, 1.82) is 0 Å². The zero-order valence-electron chi connectivity index (χ0n) is 14.4. The number of fused-ring (bicyclic) bond motifs is 1. The zero-order chi connectivity index (χ0) is 18.8. The van der Waals surface area contributed by atoms with Crippen molar-refractivity contribution in [2.24, 2.45) is 0 Å². The van der Waals surface area contributed by atoms with Crippen molar-refractivity contribution in [3.63, 3.8) is 0 Å². The van der Waals surface area contributed by atoms with Gasteiger partial charge < -0.3 is 4.74 Å². The molecule has 4 rings (SSSR count). The molecule has 4 aromatic rings. The van der Waals surface area contributed by atoms with Gasteiger partial charge in [0.25, 0.3) is 5.56 Å². The molecule has 0 unspecified atom stereocenters. The molecule has 0 aliphatic rings. The molecule has 0 amide bonds. The smallest absolute Gasteiger partial charge is 0.266 e. The molecular formula is C21H15IN2O2S. The number of methoxy groups -OCH3 is 1. The van der Waals surface area contributed by atoms with E-state index in [0.717, 1.165) is 14.1 Å². The molecule has 6 heteroatoms. The van der Waals surface area contributed by atoms with Crippen molar-refractivity contribution >= 4 is 57.0 Å². The summed E-state index contributed by atoms with van der Waals surface area (Å²) in [4.78, 5) is 19.2. The number of benzene rings is 2. The van der Waals surface area contributed by atoms with Gasteiger partial charge in [-0.1, -0.05) is 12.1 Å². The maximum absolute atomic E-state index is 13.3. The van der Waals surface area contributed by atoms with Crippen LogP contribution in [-0.4, -0.2) is 16.7 Å². The molecule has 0 atom stereocenters. The molecule has 0 aliphatic carbocycles. The Kier molecular flexibility index (Phi) is 5.09. The highest BCUT2D eigenvalue weighted by Gasteiger charge is 2.12. The fourth-order valence-electron chi connectivity index (χ4n) is 2.83. The molecule has 2 heterocycles. The second-order valence-electron chi connectivity index (χ2n) is 5.82. The Labute approximate surface area is 173 Å². The van der Waals surface area contributed by atoms with Crippen molar-refractivity contribution in [3.05, 3.63) is 84.6 Å². The maximum Gasteiger partial charge on any atom is 0.266 e. The van der Waals surface area contributed by atoms with Crippen LogP contribution in [0, 0.1) is 3.57 Å². The van der Waals surface area contributed by atoms with Crippen LogP contribution in [0.5, 0.6) is 5.75 Å². The van der Waals surface area contributed by atoms with Crippen LogP contribution in [0.25, 0.3) is 28.7 Å². The van der Waals surface area contributed by atoms with Crippen molar-refractivity contribution in [1.82, 2.24) is 9.55 Å². The quantitative estimate of drug-likeness (QED) is 0.371. The minimum absolute atomic E-state index is 0.0994. The third kappa shape index (κ3) is 3.68. The highest BCUT2D eigenvalue weighted by Crippen LogP contribution is 2.21. The van der Waals surface area contributed by atoms with Gasteiger partial charge in [-0.15, -0.1) is 11.3 Å². The Morgan fingerprint density at radius 2 is 2.00 bits per heavy atom. The fraction of sp³-hybridized carbons (Fsp3) is 0.0476. The molecule has 0 radical (unpaired) electrons. The largest absolute Gasteiger partial charge is 0.497 e. The predicted octanol–water partition coefficient (Wildman–Crippen LogP) is 5.23. The third-order valence-electron chi connectivity index (χ3n) is 4.11. The lowest BCUT2D eigenvalue weighted by Gasteiger charge is -2.12. The lowest BCUT2D eigenvalue weighted by Crippen LogP contribution is -2.22. The average molecular weight is 486 g/mol. The van der Waals surface area contributed by atoms with Crippen molar-refractivity contribution < 1.29 is 4.74 Å². The average Bonchev–Trinajstić information content (AvgIpc) is 3.20. The molecule has 4 nitrogen and oxygen atoms in total. The van der Waals surface area contributed by atoms with Crippen LogP contribution in [0.2, 0.25) is 0 Å². The Hall–Kier alpha value is -2.45. The molecule has 2 aromatic heterocycles. The summed E-state index contributed by atoms with van der Waals surface area (Å²) in [6.45, 7) is 0. The minimum atomic E-state index is -0.0994. The summed E-state index contributed by atoms with van der Waals surface area (Å²) >= 11 is 3.84. The molecule has 0 fully saturated rings. The highest BCUT2D eigenvalue weighted by atomic mass is 127. The van der Waals surface area contributed by atoms with E-state index in [0.29, 0.717) is 22.5 Å². The number of aromatic nitrogens is 2. The van der Waals surface area contributed by atoms with Crippen LogP contribution in [0.15, 0.2) is 64.8 Å². The second-order valence-corrected chi connectivity index (χ2v) is 8.05. The van der Waals surface area contributed by atoms with Crippen molar-refractivity contribution in [2.75, 3.05) is 7.11 Å². The van der Waals surface area contributed by atoms with Gasteiger partial charge in [0.05, 0.1) is 23.7 Å². The van der Waals surface area contributed by atoms with E-state index in [1.165, 1.54) is 0 Å². The van der Waals surface area contributed by atoms with Gasteiger partial charge in [-0.25, -0.2) is 4.98 Å². The Bertz CT molecular complexity index is 1200. The number of nitrogens with zero attached hydrogens (tertiary/aromatic N) is 2. The van der Waals surface area contributed by atoms with Crippen LogP contribution in [0.4, 0.5) is 0 Å². The highest BCUT2D eigenvalue weighted by molar-refractivity contribution is 14.1. The van der Waals surface area contributed by atoms with Gasteiger partial charge in [-0.3, -0.25) is 9.36 Å². The first-order valence-electron chi connectivity index (χ1n) is 8.24. The van der Waals surface area contributed by atoms with Crippen LogP contribution in [-0.2, 0) is 0 Å². The topological polar surface area (TPSA) is 44.1 Å². The second kappa shape index (κ2) is 7.66. The molecule has 27 heavy (non-hydrogen) atoms. The van der Waals surface area contributed by atoms with E-state index >= 15 is 0 Å². The molecule has 0 spiro atoms. The van der Waals surface area contributed by atoms with E-state index in [2.05, 4.69) is 22.6 Å². The molecule has 0 aliphatic heterocycles. The van der Waals surface area contributed by atoms with Crippen LogP contribution in [0.1, 0.15) is 10.7 Å². The standard InChI is InChI=1S/C21H15IN2O2S/c1-26-16-5-2-4-15(13-16)24-20(10-8-17-6-3-11-27-17)23-19-9-7-14(22)12-18(19)21(24)25/h2-13H,1H3/b10-8+. The molecule has 0 bridgehead atoms. The van der Waals surface area contributed by atoms with Crippen molar-refractivity contribution in [2.45, 2.75) is 0 Å². The van der Waals surface area contributed by atoms with E-state index in [1.807, 2.05) is 72.1 Å². The Morgan fingerprint density at radius 3 is 2.78 bits per heavy atom. The lowest BCUT2D eigenvalue weighted by molar-refractivity contribution is 0.414. The number of halogens is 1. The third-order valence-corrected chi connectivity index (χ3v) is 5.62. The summed E-state index contributed by atoms with van der Waals surface area (Å²) in [7, 11) is 1.61. The summed E-state index contributed by atoms with van der Waals surface area (Å²) in [5.74, 6) is 1.27. The number of thiophene rings is 1. The Balaban J connectivity index is 1.99. The number of hydrogen-bond donors (Lipinski definition) is 0. The van der Waals surface area contributed by atoms with Gasteiger partial charge in [-0.05, 0) is 76.5 Å². The van der Waals surface area contributed by atoms with Gasteiger partial charge >= 0.3 is 0 Å². The first-order valence-corrected chi connectivity index (χ1v) is 10.2. The van der Waals surface area contributed by atoms with Crippen LogP contribution in [0.3, 0.4) is 0 Å². The van der Waals surface area contributed by atoms with Crippen molar-refractivity contribution in [3.8, 4) is 11.4 Å². The molecule has 134 valence electrons. The lowest BCUT2D eigenvalue weighted by atomic mass is 10.2. The number of rotatable bonds is 4. The summed E-state index contributed by atoms with van der Waals surface area (Å²) in [5.41, 5.74) is 1.31. The first kappa shape index (κ1) is 17.9. The predicted molar refractivity (Wildman–Crippen MR) is 120 cm³/mol. The monoisotopic (exact) mass is 486 g/mol. The number of hydrogen-bond acceptors (Lipinski definition) is 4. The van der Waals surface area contributed by atoms with Crippen LogP contribution < -0.4 is 10.3 Å². The molecule has 0 saturated carbocycles. The molecule has 2 aromatic carbocycles. The fourth-order valence-corrected chi connectivity index (χ4v) is 3.94. The molecule has 0 saturated heterocycles. The minimum Gasteiger partial charge on any atom is -0.497 e. The van der Waals surface area contributed by atoms with E-state index in [4.69, 9.17) is 9.72 Å². The molecular weight excluding hydrogens is 471 g/mol. The first-order chi connectivity index (χ1) is 13.2. The van der Waals surface area contributed by atoms with E-state index in [-0.39, 0.29) is 5.56 Å². The van der Waals surface area contributed by atoms with Gasteiger partial charge in [0.15, 0.2) is 0 Å². The van der Waals surface area contributed by atoms with Crippen LogP contribution >= 0.6 is 33.9 Å². The summed E-state index contributed by atoms with van der Waals surface area (Å²) < 4.78 is 7.96. The van der Waals surface area contributed by atoms with Gasteiger partial charge in [0.2, 0.25) is 0 Å². The zero-order valence-corrected chi connectivity index (χ0v) is 17.4. The van der Waals surface area contributed by atoms with Gasteiger partial charge in [0.1, 0.15) is 11.6 Å². The summed E-state index contributed by atoms with van der Waals surface area (Å²) in [5, 5.41) is 2.61. The molecule has 0 N–H and O–H groups in total. The van der Waals surface area contributed by atoms with E-state index < -0.39 is 0 Å². The Morgan fingerprint density at radius 1 is 1.11 bits per heavy atom. The van der Waals surface area contributed by atoms with Gasteiger partial charge in [0, 0.05) is 14.5 Å². The summed E-state index contributed by atoms with van der Waals surface area (Å²) in [6, 6.07) is 17.2. The maximum atomic E-state index is 13.3.